The molecule has 0 fully saturated rings. The van der Waals surface area contributed by atoms with Gasteiger partial charge < -0.3 is 19.1 Å². The van der Waals surface area contributed by atoms with Crippen LogP contribution in [0.3, 0.4) is 0 Å². The summed E-state index contributed by atoms with van der Waals surface area (Å²) in [5.74, 6) is 2.18. The summed E-state index contributed by atoms with van der Waals surface area (Å²) in [7, 11) is 2.10. The Morgan fingerprint density at radius 2 is 1.36 bits per heavy atom. The average Bonchev–Trinajstić information content (AvgIpc) is 3.73. The van der Waals surface area contributed by atoms with E-state index >= 15 is 0 Å². The molecular formula is C38H29N5O. The van der Waals surface area contributed by atoms with Crippen LogP contribution in [0.2, 0.25) is 0 Å². The molecule has 9 rings (SSSR count). The Morgan fingerprint density at radius 1 is 0.636 bits per heavy atom. The van der Waals surface area contributed by atoms with Crippen LogP contribution in [-0.4, -0.2) is 27.8 Å². The summed E-state index contributed by atoms with van der Waals surface area (Å²) in [6, 6.07) is 40.5. The summed E-state index contributed by atoms with van der Waals surface area (Å²) in [5, 5.41) is 4.56. The normalized spacial score (nSPS) is 14.3. The summed E-state index contributed by atoms with van der Waals surface area (Å²) >= 11 is 0. The van der Waals surface area contributed by atoms with Crippen molar-refractivity contribution in [2.24, 2.45) is 7.05 Å². The van der Waals surface area contributed by atoms with Crippen molar-refractivity contribution in [1.29, 1.82) is 0 Å². The Kier molecular flexibility index (Phi) is 4.66. The molecule has 1 aliphatic heterocycles. The van der Waals surface area contributed by atoms with Crippen molar-refractivity contribution in [3.63, 3.8) is 0 Å². The molecule has 3 aromatic heterocycles. The minimum absolute atomic E-state index is 0.222. The van der Waals surface area contributed by atoms with Gasteiger partial charge >= 0.3 is 0 Å². The van der Waals surface area contributed by atoms with Crippen molar-refractivity contribution in [3.05, 3.63) is 128 Å². The van der Waals surface area contributed by atoms with E-state index in [-0.39, 0.29) is 6.67 Å². The molecule has 0 saturated carbocycles. The van der Waals surface area contributed by atoms with Gasteiger partial charge in [-0.2, -0.15) is 0 Å². The third-order valence-electron chi connectivity index (χ3n) is 8.77. The zero-order valence-corrected chi connectivity index (χ0v) is 24.0. The van der Waals surface area contributed by atoms with Gasteiger partial charge in [0.2, 0.25) is 0 Å². The van der Waals surface area contributed by atoms with Crippen LogP contribution in [0.25, 0.3) is 49.4 Å². The lowest BCUT2D eigenvalue weighted by atomic mass is 10.1. The molecule has 44 heavy (non-hydrogen) atoms. The fourth-order valence-corrected chi connectivity index (χ4v) is 6.71. The molecule has 4 heterocycles. The number of aryl methyl sites for hydroxylation is 1. The Morgan fingerprint density at radius 3 is 2.23 bits per heavy atom. The average molecular weight is 575 g/mol. The van der Waals surface area contributed by atoms with Crippen molar-refractivity contribution in [2.75, 3.05) is 23.4 Å². The molecular weight excluding hydrogens is 542 g/mol. The number of para-hydroxylation sites is 4. The summed E-state index contributed by atoms with van der Waals surface area (Å²) in [6.07, 6.45) is 1.98. The largest absolute Gasteiger partial charge is 0.457 e. The standard InChI is InChI=1S/C38H29N5O/c1-40-24-42(35-17-8-7-16-34(35)40)25-10-9-11-26(20-25)44-27-18-19-30-28-12-4-6-15-33(28)43(37(30)21-27)38-22-36-31(23-39-38)29-13-3-5-14-32(29)41(36)2/h3-23H,24H2,1-2H3/i1D3. The van der Waals surface area contributed by atoms with Crippen LogP contribution >= 0.6 is 0 Å². The maximum atomic E-state index is 8.06. The number of pyridine rings is 1. The van der Waals surface area contributed by atoms with Crippen molar-refractivity contribution in [3.8, 4) is 17.3 Å². The zero-order chi connectivity index (χ0) is 31.9. The second-order valence-electron chi connectivity index (χ2n) is 11.3. The maximum absolute atomic E-state index is 8.06. The Balaban J connectivity index is 1.13. The van der Waals surface area contributed by atoms with Gasteiger partial charge in [-0.3, -0.25) is 4.57 Å². The second kappa shape index (κ2) is 9.38. The fraction of sp³-hybridized carbons (Fsp3) is 0.0789. The molecule has 0 bridgehead atoms. The number of anilines is 3. The first kappa shape index (κ1) is 21.9. The van der Waals surface area contributed by atoms with E-state index in [1.54, 1.807) is 0 Å². The highest BCUT2D eigenvalue weighted by Crippen LogP contribution is 2.41. The molecule has 5 aromatic carbocycles. The van der Waals surface area contributed by atoms with Gasteiger partial charge in [-0.15, -0.1) is 0 Å². The lowest BCUT2D eigenvalue weighted by molar-refractivity contribution is 0.483. The third kappa shape index (κ3) is 3.64. The van der Waals surface area contributed by atoms with Crippen LogP contribution in [0.5, 0.6) is 11.5 Å². The van der Waals surface area contributed by atoms with E-state index in [0.29, 0.717) is 17.2 Å². The van der Waals surface area contributed by atoms with Crippen LogP contribution in [0.1, 0.15) is 4.11 Å². The molecule has 0 saturated heterocycles. The Bertz CT molecular complexity index is 2510. The predicted molar refractivity (Wildman–Crippen MR) is 181 cm³/mol. The first-order valence-corrected chi connectivity index (χ1v) is 14.6. The van der Waals surface area contributed by atoms with Gasteiger partial charge in [0.15, 0.2) is 0 Å². The molecule has 6 heteroatoms. The first-order valence-electron chi connectivity index (χ1n) is 16.1. The predicted octanol–water partition coefficient (Wildman–Crippen LogP) is 9.16. The van der Waals surface area contributed by atoms with E-state index in [1.807, 2.05) is 65.7 Å². The summed E-state index contributed by atoms with van der Waals surface area (Å²) in [4.78, 5) is 8.44. The molecule has 1 aliphatic rings. The summed E-state index contributed by atoms with van der Waals surface area (Å²) in [6.45, 7) is -2.03. The second-order valence-corrected chi connectivity index (χ2v) is 11.3. The van der Waals surface area contributed by atoms with Gasteiger partial charge in [0.05, 0.1) is 34.6 Å². The van der Waals surface area contributed by atoms with Crippen molar-refractivity contribution >= 4 is 60.7 Å². The zero-order valence-electron chi connectivity index (χ0n) is 27.0. The molecule has 0 unspecified atom stereocenters. The minimum Gasteiger partial charge on any atom is -0.457 e. The van der Waals surface area contributed by atoms with E-state index in [4.69, 9.17) is 13.8 Å². The van der Waals surface area contributed by atoms with Gasteiger partial charge in [0.1, 0.15) is 17.3 Å². The number of ether oxygens (including phenoxy) is 1. The van der Waals surface area contributed by atoms with Crippen molar-refractivity contribution in [2.45, 2.75) is 0 Å². The van der Waals surface area contributed by atoms with Crippen LogP contribution in [0.15, 0.2) is 128 Å². The number of hydrogen-bond donors (Lipinski definition) is 0. The Hall–Kier alpha value is -5.75. The molecule has 212 valence electrons. The monoisotopic (exact) mass is 574 g/mol. The van der Waals surface area contributed by atoms with Crippen molar-refractivity contribution in [1.82, 2.24) is 14.1 Å². The minimum atomic E-state index is -2.25. The molecule has 0 radical (unpaired) electrons. The lowest BCUT2D eigenvalue weighted by Gasteiger charge is -2.20. The fourth-order valence-electron chi connectivity index (χ4n) is 6.71. The topological polar surface area (TPSA) is 38.5 Å². The van der Waals surface area contributed by atoms with Gasteiger partial charge in [-0.05, 0) is 48.5 Å². The highest BCUT2D eigenvalue weighted by atomic mass is 16.5. The van der Waals surface area contributed by atoms with E-state index in [1.165, 1.54) is 15.8 Å². The number of benzene rings is 5. The summed E-state index contributed by atoms with van der Waals surface area (Å²) < 4.78 is 35.1. The quantitative estimate of drug-likeness (QED) is 0.210. The maximum Gasteiger partial charge on any atom is 0.139 e. The highest BCUT2D eigenvalue weighted by molar-refractivity contribution is 6.11. The number of hydrogen-bond acceptors (Lipinski definition) is 4. The molecule has 0 aliphatic carbocycles. The van der Waals surface area contributed by atoms with Crippen LogP contribution in [0, 0.1) is 0 Å². The number of rotatable bonds is 4. The molecule has 8 aromatic rings. The van der Waals surface area contributed by atoms with Gasteiger partial charge in [-0.1, -0.05) is 54.6 Å². The summed E-state index contributed by atoms with van der Waals surface area (Å²) in [5.41, 5.74) is 6.74. The lowest BCUT2D eigenvalue weighted by Crippen LogP contribution is -2.23. The number of nitrogens with zero attached hydrogens (tertiary/aromatic N) is 5. The highest BCUT2D eigenvalue weighted by Gasteiger charge is 2.24. The molecule has 0 atom stereocenters. The SMILES string of the molecule is [2H]C([2H])([2H])N1CN(c2cccc(Oc3ccc4c5ccccc5n(-c5cc6c(cn5)c5ccccc5n6C)c4c3)c2)c2ccccc21. The third-order valence-corrected chi connectivity index (χ3v) is 8.77. The van der Waals surface area contributed by atoms with Crippen LogP contribution < -0.4 is 14.5 Å². The molecule has 0 spiro atoms. The first-order chi connectivity index (χ1) is 22.8. The van der Waals surface area contributed by atoms with Gasteiger partial charge in [0.25, 0.3) is 0 Å². The number of aromatic nitrogens is 3. The van der Waals surface area contributed by atoms with Gasteiger partial charge in [0, 0.05) is 75.3 Å². The molecule has 0 N–H and O–H groups in total. The molecule has 6 nitrogen and oxygen atoms in total. The van der Waals surface area contributed by atoms with Crippen LogP contribution in [-0.2, 0) is 7.05 Å². The van der Waals surface area contributed by atoms with E-state index in [0.717, 1.165) is 49.9 Å². The Labute approximate surface area is 258 Å². The number of fused-ring (bicyclic) bond motifs is 7. The van der Waals surface area contributed by atoms with Gasteiger partial charge in [-0.25, -0.2) is 4.98 Å². The van der Waals surface area contributed by atoms with E-state index in [2.05, 4.69) is 82.9 Å². The smallest absolute Gasteiger partial charge is 0.139 e. The molecule has 0 amide bonds. The van der Waals surface area contributed by atoms with Crippen LogP contribution in [0.4, 0.5) is 17.1 Å². The van der Waals surface area contributed by atoms with Crippen molar-refractivity contribution < 1.29 is 8.85 Å². The van der Waals surface area contributed by atoms with E-state index in [9.17, 15) is 0 Å². The van der Waals surface area contributed by atoms with E-state index < -0.39 is 6.98 Å².